The Morgan fingerprint density at radius 1 is 1.04 bits per heavy atom. The molecule has 4 nitrogen and oxygen atoms in total. The summed E-state index contributed by atoms with van der Waals surface area (Å²) in [5, 5.41) is 7.23. The Morgan fingerprint density at radius 3 is 2.68 bits per heavy atom. The highest BCUT2D eigenvalue weighted by molar-refractivity contribution is 5.96. The van der Waals surface area contributed by atoms with Gasteiger partial charge in [0.1, 0.15) is 5.58 Å². The van der Waals surface area contributed by atoms with Gasteiger partial charge in [-0.2, -0.15) is 0 Å². The fraction of sp³-hybridized carbons (Fsp3) is 0.286. The molecule has 0 aliphatic heterocycles. The molecule has 0 radical (unpaired) electrons. The van der Waals surface area contributed by atoms with Crippen LogP contribution in [0.25, 0.3) is 11.0 Å². The van der Waals surface area contributed by atoms with Crippen molar-refractivity contribution < 1.29 is 9.21 Å². The van der Waals surface area contributed by atoms with Gasteiger partial charge in [-0.05, 0) is 36.2 Å². The van der Waals surface area contributed by atoms with Crippen LogP contribution in [0.5, 0.6) is 0 Å². The summed E-state index contributed by atoms with van der Waals surface area (Å²) < 4.78 is 5.66. The Morgan fingerprint density at radius 2 is 1.88 bits per heavy atom. The molecule has 1 amide bonds. The summed E-state index contributed by atoms with van der Waals surface area (Å²) in [5.74, 6) is 0.220. The molecule has 0 aliphatic rings. The van der Waals surface area contributed by atoms with Crippen molar-refractivity contribution in [3.05, 3.63) is 65.9 Å². The molecule has 0 spiro atoms. The standard InChI is InChI=1S/C21H24N2O2/c1-2-3-7-12-22-21(24)20-14-17-13-18(10-11-19(17)25-20)23-15-16-8-5-4-6-9-16/h4-6,8-11,13-14,23H,2-3,7,12,15H2,1H3,(H,22,24). The predicted molar refractivity (Wildman–Crippen MR) is 102 cm³/mol. The molecule has 3 rings (SSSR count). The molecule has 1 heterocycles. The SMILES string of the molecule is CCCCCNC(=O)c1cc2cc(NCc3ccccc3)ccc2o1. The minimum absolute atomic E-state index is 0.147. The lowest BCUT2D eigenvalue weighted by molar-refractivity contribution is 0.0927. The largest absolute Gasteiger partial charge is 0.451 e. The molecule has 0 fully saturated rings. The molecular weight excluding hydrogens is 312 g/mol. The molecule has 4 heteroatoms. The molecule has 0 saturated carbocycles. The van der Waals surface area contributed by atoms with E-state index >= 15 is 0 Å². The van der Waals surface area contributed by atoms with E-state index in [1.54, 1.807) is 6.07 Å². The fourth-order valence-corrected chi connectivity index (χ4v) is 2.73. The van der Waals surface area contributed by atoms with E-state index in [0.717, 1.165) is 42.5 Å². The van der Waals surface area contributed by atoms with Gasteiger partial charge in [0.25, 0.3) is 5.91 Å². The second-order valence-electron chi connectivity index (χ2n) is 6.17. The van der Waals surface area contributed by atoms with Crippen LogP contribution in [0.3, 0.4) is 0 Å². The number of carbonyl (C=O) groups is 1. The Hall–Kier alpha value is -2.75. The molecule has 0 bridgehead atoms. The molecule has 0 saturated heterocycles. The van der Waals surface area contributed by atoms with Crippen LogP contribution in [0, 0.1) is 0 Å². The fourth-order valence-electron chi connectivity index (χ4n) is 2.73. The first kappa shape index (κ1) is 17.1. The van der Waals surface area contributed by atoms with E-state index in [-0.39, 0.29) is 5.91 Å². The van der Waals surface area contributed by atoms with Crippen molar-refractivity contribution in [2.45, 2.75) is 32.7 Å². The molecule has 1 aromatic heterocycles. The van der Waals surface area contributed by atoms with Gasteiger partial charge in [0, 0.05) is 24.2 Å². The summed E-state index contributed by atoms with van der Waals surface area (Å²) in [6.07, 6.45) is 3.26. The Kier molecular flexibility index (Phi) is 5.73. The number of anilines is 1. The van der Waals surface area contributed by atoms with E-state index in [0.29, 0.717) is 12.3 Å². The van der Waals surface area contributed by atoms with Crippen molar-refractivity contribution >= 4 is 22.6 Å². The molecule has 25 heavy (non-hydrogen) atoms. The Labute approximate surface area is 148 Å². The van der Waals surface area contributed by atoms with Gasteiger partial charge in [-0.3, -0.25) is 4.79 Å². The highest BCUT2D eigenvalue weighted by Gasteiger charge is 2.12. The third-order valence-corrected chi connectivity index (χ3v) is 4.15. The van der Waals surface area contributed by atoms with Crippen LogP contribution in [0.4, 0.5) is 5.69 Å². The number of fused-ring (bicyclic) bond motifs is 1. The smallest absolute Gasteiger partial charge is 0.287 e. The van der Waals surface area contributed by atoms with Gasteiger partial charge in [0.05, 0.1) is 0 Å². The number of hydrogen-bond acceptors (Lipinski definition) is 3. The van der Waals surface area contributed by atoms with Crippen molar-refractivity contribution in [1.29, 1.82) is 0 Å². The van der Waals surface area contributed by atoms with Crippen molar-refractivity contribution in [3.63, 3.8) is 0 Å². The number of nitrogens with one attached hydrogen (secondary N) is 2. The predicted octanol–water partition coefficient (Wildman–Crippen LogP) is 4.96. The first-order chi connectivity index (χ1) is 12.3. The van der Waals surface area contributed by atoms with Gasteiger partial charge in [-0.1, -0.05) is 50.1 Å². The minimum atomic E-state index is -0.147. The van der Waals surface area contributed by atoms with Crippen LogP contribution in [0.1, 0.15) is 42.3 Å². The van der Waals surface area contributed by atoms with E-state index in [1.807, 2.05) is 36.4 Å². The van der Waals surface area contributed by atoms with E-state index in [4.69, 9.17) is 4.42 Å². The lowest BCUT2D eigenvalue weighted by Crippen LogP contribution is -2.23. The monoisotopic (exact) mass is 336 g/mol. The van der Waals surface area contributed by atoms with Gasteiger partial charge < -0.3 is 15.1 Å². The highest BCUT2D eigenvalue weighted by Crippen LogP contribution is 2.23. The number of benzene rings is 2. The summed E-state index contributed by atoms with van der Waals surface area (Å²) >= 11 is 0. The van der Waals surface area contributed by atoms with Crippen molar-refractivity contribution in [3.8, 4) is 0 Å². The van der Waals surface area contributed by atoms with Crippen LogP contribution in [0.15, 0.2) is 59.0 Å². The normalized spacial score (nSPS) is 10.8. The summed E-state index contributed by atoms with van der Waals surface area (Å²) in [6.45, 7) is 3.59. The zero-order valence-electron chi connectivity index (χ0n) is 14.5. The van der Waals surface area contributed by atoms with Gasteiger partial charge in [-0.15, -0.1) is 0 Å². The zero-order chi connectivity index (χ0) is 17.5. The molecule has 2 N–H and O–H groups in total. The maximum atomic E-state index is 12.2. The number of hydrogen-bond donors (Lipinski definition) is 2. The van der Waals surface area contributed by atoms with Crippen LogP contribution >= 0.6 is 0 Å². The van der Waals surface area contributed by atoms with Gasteiger partial charge in [0.2, 0.25) is 0 Å². The second-order valence-corrected chi connectivity index (χ2v) is 6.17. The van der Waals surface area contributed by atoms with Crippen LogP contribution in [0.2, 0.25) is 0 Å². The average Bonchev–Trinajstić information content (AvgIpc) is 3.08. The Bertz CT molecular complexity index is 824. The van der Waals surface area contributed by atoms with E-state index < -0.39 is 0 Å². The quantitative estimate of drug-likeness (QED) is 0.571. The zero-order valence-corrected chi connectivity index (χ0v) is 14.5. The number of carbonyl (C=O) groups excluding carboxylic acids is 1. The third-order valence-electron chi connectivity index (χ3n) is 4.15. The van der Waals surface area contributed by atoms with E-state index in [1.165, 1.54) is 5.56 Å². The topological polar surface area (TPSA) is 54.3 Å². The lowest BCUT2D eigenvalue weighted by atomic mass is 10.2. The first-order valence-electron chi connectivity index (χ1n) is 8.86. The minimum Gasteiger partial charge on any atom is -0.451 e. The summed E-state index contributed by atoms with van der Waals surface area (Å²) in [5.41, 5.74) is 2.96. The number of rotatable bonds is 8. The molecule has 0 aliphatic carbocycles. The van der Waals surface area contributed by atoms with Crippen LogP contribution in [-0.4, -0.2) is 12.5 Å². The lowest BCUT2D eigenvalue weighted by Gasteiger charge is -2.06. The summed E-state index contributed by atoms with van der Waals surface area (Å²) in [7, 11) is 0. The maximum Gasteiger partial charge on any atom is 0.287 e. The van der Waals surface area contributed by atoms with Crippen LogP contribution < -0.4 is 10.6 Å². The van der Waals surface area contributed by atoms with Crippen molar-refractivity contribution in [2.75, 3.05) is 11.9 Å². The summed E-state index contributed by atoms with van der Waals surface area (Å²) in [4.78, 5) is 12.2. The molecule has 3 aromatic rings. The summed E-state index contributed by atoms with van der Waals surface area (Å²) in [6, 6.07) is 17.9. The van der Waals surface area contributed by atoms with Gasteiger partial charge >= 0.3 is 0 Å². The molecule has 130 valence electrons. The molecule has 2 aromatic carbocycles. The molecule has 0 atom stereocenters. The van der Waals surface area contributed by atoms with Gasteiger partial charge in [-0.25, -0.2) is 0 Å². The van der Waals surface area contributed by atoms with E-state index in [2.05, 4.69) is 29.7 Å². The third kappa shape index (κ3) is 4.63. The van der Waals surface area contributed by atoms with Crippen molar-refractivity contribution in [2.24, 2.45) is 0 Å². The first-order valence-corrected chi connectivity index (χ1v) is 8.86. The van der Waals surface area contributed by atoms with Crippen LogP contribution in [-0.2, 0) is 6.54 Å². The molecule has 0 unspecified atom stereocenters. The molecular formula is C21H24N2O2. The second kappa shape index (κ2) is 8.38. The van der Waals surface area contributed by atoms with Gasteiger partial charge in [0.15, 0.2) is 5.76 Å². The van der Waals surface area contributed by atoms with Crippen molar-refractivity contribution in [1.82, 2.24) is 5.32 Å². The van der Waals surface area contributed by atoms with E-state index in [9.17, 15) is 4.79 Å². The Balaban J connectivity index is 1.63. The maximum absolute atomic E-state index is 12.2. The average molecular weight is 336 g/mol. The number of amides is 1. The number of furan rings is 1. The number of unbranched alkanes of at least 4 members (excludes halogenated alkanes) is 2. The highest BCUT2D eigenvalue weighted by atomic mass is 16.3.